The van der Waals surface area contributed by atoms with Gasteiger partial charge in [-0.3, -0.25) is 10.1 Å². The summed E-state index contributed by atoms with van der Waals surface area (Å²) in [6.45, 7) is -0.549. The molecule has 0 amide bonds. The molecular weight excluding hydrogens is 402 g/mol. The molecule has 0 spiro atoms. The maximum atomic E-state index is 12.5. The lowest BCUT2D eigenvalue weighted by molar-refractivity contribution is -0.481. The highest BCUT2D eigenvalue weighted by Gasteiger charge is 2.24. The van der Waals surface area contributed by atoms with Crippen LogP contribution in [0.5, 0.6) is 5.75 Å². The van der Waals surface area contributed by atoms with Gasteiger partial charge in [0.05, 0.1) is 20.1 Å². The van der Waals surface area contributed by atoms with Crippen molar-refractivity contribution in [2.75, 3.05) is 20.8 Å². The van der Waals surface area contributed by atoms with Crippen LogP contribution in [0.2, 0.25) is 5.02 Å². The fraction of sp³-hybridized carbons (Fsp3) is 0.200. The van der Waals surface area contributed by atoms with Crippen LogP contribution in [0.1, 0.15) is 21.8 Å². The average molecular weight is 420 g/mol. The highest BCUT2D eigenvalue weighted by molar-refractivity contribution is 6.30. The molecule has 2 aromatic carbocycles. The van der Waals surface area contributed by atoms with Crippen molar-refractivity contribution in [2.24, 2.45) is 0 Å². The smallest absolute Gasteiger partial charge is 0.373 e. The molecule has 2 aromatic rings. The van der Waals surface area contributed by atoms with Crippen molar-refractivity contribution in [3.63, 3.8) is 0 Å². The molecule has 8 nitrogen and oxygen atoms in total. The first-order valence-electron chi connectivity index (χ1n) is 8.38. The first kappa shape index (κ1) is 21.9. The van der Waals surface area contributed by atoms with Crippen LogP contribution in [0.25, 0.3) is 0 Å². The molecule has 29 heavy (non-hydrogen) atoms. The predicted molar refractivity (Wildman–Crippen MR) is 105 cm³/mol. The van der Waals surface area contributed by atoms with Crippen LogP contribution in [0, 0.1) is 10.1 Å². The molecule has 0 saturated heterocycles. The molecule has 0 saturated carbocycles. The van der Waals surface area contributed by atoms with E-state index in [1.54, 1.807) is 36.4 Å². The highest BCUT2D eigenvalue weighted by atomic mass is 35.5. The lowest BCUT2D eigenvalue weighted by Crippen LogP contribution is -2.18. The Labute approximate surface area is 171 Å². The summed E-state index contributed by atoms with van der Waals surface area (Å²) in [4.78, 5) is 35.3. The molecule has 0 heterocycles. The number of carbonyl (C=O) groups excluding carboxylic acids is 2. The van der Waals surface area contributed by atoms with E-state index in [-0.39, 0.29) is 11.3 Å². The Kier molecular flexibility index (Phi) is 7.73. The standard InChI is InChI=1S/C20H18ClNO7/c1-27-17-9-4-3-8-16(17)19(23)29-18(20(24)28-2)11-14(12-22(25)26)13-6-5-7-15(21)10-13/h3-11,14H,12H2,1-2H3/b18-11-/t14-/m0/s1. The Bertz CT molecular complexity index is 942. The summed E-state index contributed by atoms with van der Waals surface area (Å²) in [5.74, 6) is -2.94. The maximum Gasteiger partial charge on any atom is 0.373 e. The van der Waals surface area contributed by atoms with E-state index in [1.807, 2.05) is 0 Å². The van der Waals surface area contributed by atoms with E-state index in [0.29, 0.717) is 10.6 Å². The van der Waals surface area contributed by atoms with Gasteiger partial charge in [-0.25, -0.2) is 9.59 Å². The number of para-hydroxylation sites is 1. The summed E-state index contributed by atoms with van der Waals surface area (Å²) in [5, 5.41) is 11.5. The van der Waals surface area contributed by atoms with Gasteiger partial charge in [0.2, 0.25) is 12.3 Å². The summed E-state index contributed by atoms with van der Waals surface area (Å²) in [6, 6.07) is 12.7. The van der Waals surface area contributed by atoms with Gasteiger partial charge in [0.15, 0.2) is 0 Å². The molecule has 0 unspecified atom stereocenters. The molecule has 152 valence electrons. The van der Waals surface area contributed by atoms with Gasteiger partial charge >= 0.3 is 11.9 Å². The number of ether oxygens (including phenoxy) is 3. The zero-order valence-electron chi connectivity index (χ0n) is 15.7. The van der Waals surface area contributed by atoms with Crippen LogP contribution >= 0.6 is 11.6 Å². The highest BCUT2D eigenvalue weighted by Crippen LogP contribution is 2.25. The summed E-state index contributed by atoms with van der Waals surface area (Å²) in [6.07, 6.45) is 1.17. The molecule has 0 aliphatic heterocycles. The average Bonchev–Trinajstić information content (AvgIpc) is 2.71. The number of methoxy groups -OCH3 is 2. The predicted octanol–water partition coefficient (Wildman–Crippen LogP) is 3.62. The SMILES string of the molecule is COC(=O)/C(=C/[C@@H](C[N+](=O)[O-])c1cccc(Cl)c1)OC(=O)c1ccccc1OC. The summed E-state index contributed by atoms with van der Waals surface area (Å²) >= 11 is 5.97. The normalized spacial score (nSPS) is 12.0. The third-order valence-electron chi connectivity index (χ3n) is 3.89. The third kappa shape index (κ3) is 6.05. The van der Waals surface area contributed by atoms with Crippen LogP contribution in [0.4, 0.5) is 0 Å². The van der Waals surface area contributed by atoms with Crippen LogP contribution < -0.4 is 4.74 Å². The van der Waals surface area contributed by atoms with E-state index in [9.17, 15) is 19.7 Å². The zero-order valence-corrected chi connectivity index (χ0v) is 16.4. The molecule has 0 aliphatic rings. The van der Waals surface area contributed by atoms with Gasteiger partial charge < -0.3 is 14.2 Å². The summed E-state index contributed by atoms with van der Waals surface area (Å²) in [5.41, 5.74) is 0.558. The Morgan fingerprint density at radius 2 is 1.90 bits per heavy atom. The number of nitrogens with zero attached hydrogens (tertiary/aromatic N) is 1. The fourth-order valence-corrected chi connectivity index (χ4v) is 2.75. The van der Waals surface area contributed by atoms with Crippen LogP contribution in [0.15, 0.2) is 60.4 Å². The fourth-order valence-electron chi connectivity index (χ4n) is 2.55. The number of halogens is 1. The van der Waals surface area contributed by atoms with Crippen molar-refractivity contribution < 1.29 is 28.7 Å². The van der Waals surface area contributed by atoms with Crippen molar-refractivity contribution in [3.05, 3.63) is 86.6 Å². The molecule has 0 aromatic heterocycles. The molecule has 0 aliphatic carbocycles. The van der Waals surface area contributed by atoms with Gasteiger partial charge in [-0.2, -0.15) is 0 Å². The number of esters is 2. The molecule has 0 fully saturated rings. The largest absolute Gasteiger partial charge is 0.496 e. The Balaban J connectivity index is 2.42. The van der Waals surface area contributed by atoms with Gasteiger partial charge in [0.25, 0.3) is 0 Å². The number of hydrogen-bond acceptors (Lipinski definition) is 7. The molecule has 0 bridgehead atoms. The van der Waals surface area contributed by atoms with E-state index in [1.165, 1.54) is 25.3 Å². The quantitative estimate of drug-likeness (QED) is 0.211. The van der Waals surface area contributed by atoms with Crippen molar-refractivity contribution >= 4 is 23.5 Å². The third-order valence-corrected chi connectivity index (χ3v) is 4.13. The van der Waals surface area contributed by atoms with Gasteiger partial charge in [-0.15, -0.1) is 0 Å². The second-order valence-corrected chi connectivity index (χ2v) is 6.23. The molecule has 9 heteroatoms. The van der Waals surface area contributed by atoms with Crippen LogP contribution in [0.3, 0.4) is 0 Å². The minimum atomic E-state index is -0.955. The van der Waals surface area contributed by atoms with Crippen molar-refractivity contribution in [1.82, 2.24) is 0 Å². The Hall–Kier alpha value is -3.39. The Morgan fingerprint density at radius 3 is 2.52 bits per heavy atom. The Morgan fingerprint density at radius 1 is 1.17 bits per heavy atom. The number of rotatable bonds is 8. The minimum Gasteiger partial charge on any atom is -0.496 e. The minimum absolute atomic E-state index is 0.0818. The number of hydrogen-bond donors (Lipinski definition) is 0. The van der Waals surface area contributed by atoms with Crippen LogP contribution in [-0.4, -0.2) is 37.6 Å². The van der Waals surface area contributed by atoms with Crippen molar-refractivity contribution in [2.45, 2.75) is 5.92 Å². The monoisotopic (exact) mass is 419 g/mol. The van der Waals surface area contributed by atoms with E-state index in [0.717, 1.165) is 7.11 Å². The number of benzene rings is 2. The topological polar surface area (TPSA) is 105 Å². The molecule has 1 atom stereocenters. The first-order chi connectivity index (χ1) is 13.8. The van der Waals surface area contributed by atoms with Crippen LogP contribution in [-0.2, 0) is 14.3 Å². The summed E-state index contributed by atoms with van der Waals surface area (Å²) < 4.78 is 15.0. The lowest BCUT2D eigenvalue weighted by Gasteiger charge is -2.13. The molecule has 2 rings (SSSR count). The zero-order chi connectivity index (χ0) is 21.4. The van der Waals surface area contributed by atoms with Gasteiger partial charge in [0, 0.05) is 9.95 Å². The van der Waals surface area contributed by atoms with E-state index in [2.05, 4.69) is 4.74 Å². The molecule has 0 radical (unpaired) electrons. The molecular formula is C20H18ClNO7. The molecule has 0 N–H and O–H groups in total. The van der Waals surface area contributed by atoms with E-state index >= 15 is 0 Å². The number of nitro groups is 1. The second-order valence-electron chi connectivity index (χ2n) is 5.79. The van der Waals surface area contributed by atoms with Crippen molar-refractivity contribution in [3.8, 4) is 5.75 Å². The van der Waals surface area contributed by atoms with E-state index in [4.69, 9.17) is 21.1 Å². The van der Waals surface area contributed by atoms with Crippen molar-refractivity contribution in [1.29, 1.82) is 0 Å². The second kappa shape index (κ2) is 10.2. The van der Waals surface area contributed by atoms with Gasteiger partial charge in [0.1, 0.15) is 11.3 Å². The lowest BCUT2D eigenvalue weighted by atomic mass is 9.98. The first-order valence-corrected chi connectivity index (χ1v) is 8.76. The van der Waals surface area contributed by atoms with Gasteiger partial charge in [-0.1, -0.05) is 35.9 Å². The van der Waals surface area contributed by atoms with Gasteiger partial charge in [-0.05, 0) is 35.9 Å². The maximum absolute atomic E-state index is 12.5. The van der Waals surface area contributed by atoms with E-state index < -0.39 is 35.1 Å². The number of carbonyl (C=O) groups is 2. The summed E-state index contributed by atoms with van der Waals surface area (Å²) in [7, 11) is 2.49.